The number of hydrogen-bond donors (Lipinski definition) is 2. The van der Waals surface area contributed by atoms with E-state index in [2.05, 4.69) is 0 Å². The molecule has 0 saturated heterocycles. The van der Waals surface area contributed by atoms with Crippen molar-refractivity contribution in [2.45, 2.75) is 6.10 Å². The van der Waals surface area contributed by atoms with Crippen LogP contribution in [0.5, 0.6) is 11.5 Å². The molecule has 0 aliphatic rings. The standard InChI is InChI=1S/C10H14ClNO3/c1-14-9-3-2-7(11)4-10(9)15-6-8(13)5-12/h2-4,8,13H,5-6,12H2,1H3. The fourth-order valence-corrected chi connectivity index (χ4v) is 1.18. The molecule has 15 heavy (non-hydrogen) atoms. The number of halogens is 1. The third kappa shape index (κ3) is 3.58. The third-order valence-electron chi connectivity index (χ3n) is 1.83. The number of hydrogen-bond acceptors (Lipinski definition) is 4. The van der Waals surface area contributed by atoms with E-state index in [1.165, 1.54) is 7.11 Å². The molecule has 5 heteroatoms. The van der Waals surface area contributed by atoms with Crippen molar-refractivity contribution in [1.82, 2.24) is 0 Å². The van der Waals surface area contributed by atoms with Gasteiger partial charge < -0.3 is 20.3 Å². The summed E-state index contributed by atoms with van der Waals surface area (Å²) in [5.74, 6) is 1.07. The van der Waals surface area contributed by atoms with Gasteiger partial charge in [0.1, 0.15) is 12.7 Å². The van der Waals surface area contributed by atoms with E-state index < -0.39 is 6.10 Å². The van der Waals surface area contributed by atoms with E-state index in [0.29, 0.717) is 16.5 Å². The lowest BCUT2D eigenvalue weighted by atomic mass is 10.3. The molecular formula is C10H14ClNO3. The van der Waals surface area contributed by atoms with Crippen molar-refractivity contribution in [3.8, 4) is 11.5 Å². The lowest BCUT2D eigenvalue weighted by molar-refractivity contribution is 0.112. The first-order valence-electron chi connectivity index (χ1n) is 4.52. The molecule has 0 fully saturated rings. The molecule has 0 radical (unpaired) electrons. The highest BCUT2D eigenvalue weighted by Crippen LogP contribution is 2.29. The lowest BCUT2D eigenvalue weighted by Crippen LogP contribution is -2.26. The highest BCUT2D eigenvalue weighted by atomic mass is 35.5. The van der Waals surface area contributed by atoms with Crippen LogP contribution < -0.4 is 15.2 Å². The number of rotatable bonds is 5. The fourth-order valence-electron chi connectivity index (χ4n) is 1.02. The summed E-state index contributed by atoms with van der Waals surface area (Å²) >= 11 is 5.80. The molecule has 0 heterocycles. The molecule has 1 unspecified atom stereocenters. The summed E-state index contributed by atoms with van der Waals surface area (Å²) in [6.45, 7) is 0.274. The molecule has 1 rings (SSSR count). The SMILES string of the molecule is COc1ccc(Cl)cc1OCC(O)CN. The molecule has 0 saturated carbocycles. The molecule has 4 nitrogen and oxygen atoms in total. The van der Waals surface area contributed by atoms with Gasteiger partial charge in [0, 0.05) is 17.6 Å². The van der Waals surface area contributed by atoms with E-state index in [0.717, 1.165) is 0 Å². The zero-order valence-corrected chi connectivity index (χ0v) is 9.20. The topological polar surface area (TPSA) is 64.7 Å². The minimum absolute atomic E-state index is 0.118. The van der Waals surface area contributed by atoms with E-state index in [1.54, 1.807) is 18.2 Å². The Labute approximate surface area is 93.6 Å². The Balaban J connectivity index is 2.69. The Morgan fingerprint density at radius 1 is 1.47 bits per heavy atom. The molecule has 1 aromatic rings. The maximum Gasteiger partial charge on any atom is 0.162 e. The van der Waals surface area contributed by atoms with Gasteiger partial charge in [-0.1, -0.05) is 11.6 Å². The summed E-state index contributed by atoms with van der Waals surface area (Å²) in [5, 5.41) is 9.78. The smallest absolute Gasteiger partial charge is 0.162 e. The van der Waals surface area contributed by atoms with Crippen molar-refractivity contribution >= 4 is 11.6 Å². The van der Waals surface area contributed by atoms with Gasteiger partial charge in [0.2, 0.25) is 0 Å². The molecular weight excluding hydrogens is 218 g/mol. The molecule has 0 aromatic heterocycles. The first-order valence-corrected chi connectivity index (χ1v) is 4.89. The Hall–Kier alpha value is -0.970. The fraction of sp³-hybridized carbons (Fsp3) is 0.400. The van der Waals surface area contributed by atoms with E-state index >= 15 is 0 Å². The highest BCUT2D eigenvalue weighted by molar-refractivity contribution is 6.30. The largest absolute Gasteiger partial charge is 0.493 e. The first-order chi connectivity index (χ1) is 7.17. The average molecular weight is 232 g/mol. The van der Waals surface area contributed by atoms with Gasteiger partial charge in [0.25, 0.3) is 0 Å². The van der Waals surface area contributed by atoms with Crippen molar-refractivity contribution in [3.63, 3.8) is 0 Å². The summed E-state index contributed by atoms with van der Waals surface area (Å²) in [7, 11) is 1.54. The number of aliphatic hydroxyl groups excluding tert-OH is 1. The molecule has 0 aliphatic heterocycles. The second-order valence-electron chi connectivity index (χ2n) is 3.00. The van der Waals surface area contributed by atoms with Crippen LogP contribution >= 0.6 is 11.6 Å². The number of aliphatic hydroxyl groups is 1. The quantitative estimate of drug-likeness (QED) is 0.795. The lowest BCUT2D eigenvalue weighted by Gasteiger charge is -2.13. The zero-order valence-electron chi connectivity index (χ0n) is 8.44. The zero-order chi connectivity index (χ0) is 11.3. The number of benzene rings is 1. The van der Waals surface area contributed by atoms with Gasteiger partial charge in [0.15, 0.2) is 11.5 Å². The minimum atomic E-state index is -0.686. The van der Waals surface area contributed by atoms with Gasteiger partial charge in [-0.15, -0.1) is 0 Å². The van der Waals surface area contributed by atoms with Crippen LogP contribution in [0.25, 0.3) is 0 Å². The summed E-state index contributed by atoms with van der Waals surface area (Å²) in [6.07, 6.45) is -0.686. The second-order valence-corrected chi connectivity index (χ2v) is 3.43. The normalized spacial score (nSPS) is 12.3. The Bertz CT molecular complexity index is 320. The van der Waals surface area contributed by atoms with Crippen LogP contribution in [0.3, 0.4) is 0 Å². The summed E-state index contributed by atoms with van der Waals surface area (Å²) in [6, 6.07) is 5.03. The summed E-state index contributed by atoms with van der Waals surface area (Å²) in [5.41, 5.74) is 5.25. The minimum Gasteiger partial charge on any atom is -0.493 e. The summed E-state index contributed by atoms with van der Waals surface area (Å²) in [4.78, 5) is 0. The number of methoxy groups -OCH3 is 1. The van der Waals surface area contributed by atoms with Crippen LogP contribution in [0.4, 0.5) is 0 Å². The van der Waals surface area contributed by atoms with Crippen molar-refractivity contribution in [2.24, 2.45) is 5.73 Å². The van der Waals surface area contributed by atoms with Crippen LogP contribution in [0.15, 0.2) is 18.2 Å². The van der Waals surface area contributed by atoms with Crippen LogP contribution in [0.2, 0.25) is 5.02 Å². The molecule has 1 atom stereocenters. The molecule has 0 amide bonds. The van der Waals surface area contributed by atoms with Gasteiger partial charge in [-0.05, 0) is 12.1 Å². The predicted octanol–water partition coefficient (Wildman–Crippen LogP) is 1.05. The molecule has 3 N–H and O–H groups in total. The molecule has 84 valence electrons. The van der Waals surface area contributed by atoms with E-state index in [4.69, 9.17) is 26.8 Å². The van der Waals surface area contributed by atoms with E-state index in [9.17, 15) is 5.11 Å². The third-order valence-corrected chi connectivity index (χ3v) is 2.06. The molecule has 1 aromatic carbocycles. The number of nitrogens with two attached hydrogens (primary N) is 1. The van der Waals surface area contributed by atoms with Crippen LogP contribution in [-0.2, 0) is 0 Å². The van der Waals surface area contributed by atoms with Crippen LogP contribution in [0.1, 0.15) is 0 Å². The van der Waals surface area contributed by atoms with E-state index in [-0.39, 0.29) is 13.2 Å². The maximum absolute atomic E-state index is 9.23. The van der Waals surface area contributed by atoms with Gasteiger partial charge in [-0.2, -0.15) is 0 Å². The van der Waals surface area contributed by atoms with Crippen molar-refractivity contribution in [2.75, 3.05) is 20.3 Å². The Kier molecular flexibility index (Phi) is 4.68. The van der Waals surface area contributed by atoms with Crippen molar-refractivity contribution < 1.29 is 14.6 Å². The predicted molar refractivity (Wildman–Crippen MR) is 58.6 cm³/mol. The van der Waals surface area contributed by atoms with Crippen molar-refractivity contribution in [3.05, 3.63) is 23.2 Å². The highest BCUT2D eigenvalue weighted by Gasteiger charge is 2.07. The Morgan fingerprint density at radius 2 is 2.20 bits per heavy atom. The Morgan fingerprint density at radius 3 is 2.80 bits per heavy atom. The van der Waals surface area contributed by atoms with Crippen LogP contribution in [-0.4, -0.2) is 31.5 Å². The molecule has 0 spiro atoms. The van der Waals surface area contributed by atoms with Gasteiger partial charge in [0.05, 0.1) is 7.11 Å². The van der Waals surface area contributed by atoms with E-state index in [1.807, 2.05) is 0 Å². The maximum atomic E-state index is 9.23. The van der Waals surface area contributed by atoms with Gasteiger partial charge in [-0.3, -0.25) is 0 Å². The van der Waals surface area contributed by atoms with Crippen LogP contribution in [0, 0.1) is 0 Å². The monoisotopic (exact) mass is 231 g/mol. The van der Waals surface area contributed by atoms with Gasteiger partial charge >= 0.3 is 0 Å². The second kappa shape index (κ2) is 5.80. The number of ether oxygens (including phenoxy) is 2. The van der Waals surface area contributed by atoms with Crippen molar-refractivity contribution in [1.29, 1.82) is 0 Å². The summed E-state index contributed by atoms with van der Waals surface area (Å²) < 4.78 is 10.4. The first kappa shape index (κ1) is 12.1. The molecule has 0 bridgehead atoms. The molecule has 0 aliphatic carbocycles. The van der Waals surface area contributed by atoms with Gasteiger partial charge in [-0.25, -0.2) is 0 Å². The average Bonchev–Trinajstić information content (AvgIpc) is 2.26.